The zero-order valence-electron chi connectivity index (χ0n) is 12.8. The molecule has 1 heterocycles. The minimum atomic E-state index is -0.979. The number of urea groups is 1. The molecule has 0 radical (unpaired) electrons. The molecule has 1 aromatic heterocycles. The summed E-state index contributed by atoms with van der Waals surface area (Å²) >= 11 is 0. The van der Waals surface area contributed by atoms with E-state index in [1.165, 1.54) is 17.1 Å². The number of amides is 2. The van der Waals surface area contributed by atoms with E-state index in [0.29, 0.717) is 18.2 Å². The van der Waals surface area contributed by atoms with E-state index < -0.39 is 5.97 Å². The molecule has 0 aliphatic heterocycles. The van der Waals surface area contributed by atoms with Gasteiger partial charge in [0, 0.05) is 12.7 Å². The number of aliphatic carboxylic acids is 1. The van der Waals surface area contributed by atoms with Gasteiger partial charge in [0.25, 0.3) is 0 Å². The van der Waals surface area contributed by atoms with Gasteiger partial charge in [-0.2, -0.15) is 5.10 Å². The van der Waals surface area contributed by atoms with Gasteiger partial charge in [0.05, 0.1) is 11.9 Å². The summed E-state index contributed by atoms with van der Waals surface area (Å²) in [5.41, 5.74) is 0.933. The Morgan fingerprint density at radius 2 is 1.95 bits per heavy atom. The Bertz CT molecular complexity index is 548. The molecule has 0 saturated heterocycles. The highest BCUT2D eigenvalue weighted by atomic mass is 16.4. The second kappa shape index (κ2) is 5.05. The van der Waals surface area contributed by atoms with Gasteiger partial charge >= 0.3 is 12.0 Å². The minimum absolute atomic E-state index is 0.228. The van der Waals surface area contributed by atoms with Gasteiger partial charge in [-0.15, -0.1) is 0 Å². The molecule has 2 amide bonds. The molecule has 0 atom stereocenters. The van der Waals surface area contributed by atoms with Crippen LogP contribution in [0.1, 0.15) is 27.7 Å². The first-order valence-electron chi connectivity index (χ1n) is 6.93. The van der Waals surface area contributed by atoms with Crippen LogP contribution in [0.15, 0.2) is 12.4 Å². The molecular formula is C14H22N4O3. The maximum Gasteiger partial charge on any atom is 0.325 e. The number of aromatic nitrogens is 2. The number of hydrogen-bond acceptors (Lipinski definition) is 3. The van der Waals surface area contributed by atoms with Gasteiger partial charge in [0.1, 0.15) is 6.54 Å². The van der Waals surface area contributed by atoms with Crippen LogP contribution in [-0.4, -0.2) is 33.4 Å². The fraction of sp³-hybridized carbons (Fsp3) is 0.643. The number of anilines is 1. The van der Waals surface area contributed by atoms with Crippen LogP contribution in [0.25, 0.3) is 0 Å². The molecule has 7 nitrogen and oxygen atoms in total. The Labute approximate surface area is 123 Å². The molecule has 1 aromatic rings. The van der Waals surface area contributed by atoms with Crippen molar-refractivity contribution in [3.05, 3.63) is 12.4 Å². The third kappa shape index (κ3) is 3.01. The summed E-state index contributed by atoms with van der Waals surface area (Å²) in [6.07, 6.45) is 2.91. The molecule has 0 unspecified atom stereocenters. The molecule has 1 fully saturated rings. The highest BCUT2D eigenvalue weighted by Crippen LogP contribution is 2.67. The lowest BCUT2D eigenvalue weighted by molar-refractivity contribution is -0.137. The van der Waals surface area contributed by atoms with Crippen molar-refractivity contribution in [1.82, 2.24) is 15.1 Å². The predicted molar refractivity (Wildman–Crippen MR) is 77.9 cm³/mol. The molecule has 1 saturated carbocycles. The van der Waals surface area contributed by atoms with Gasteiger partial charge in [-0.05, 0) is 16.7 Å². The van der Waals surface area contributed by atoms with E-state index >= 15 is 0 Å². The van der Waals surface area contributed by atoms with Crippen LogP contribution in [0.3, 0.4) is 0 Å². The van der Waals surface area contributed by atoms with Crippen molar-refractivity contribution in [3.63, 3.8) is 0 Å². The van der Waals surface area contributed by atoms with E-state index in [-0.39, 0.29) is 23.4 Å². The van der Waals surface area contributed by atoms with Crippen LogP contribution < -0.4 is 10.6 Å². The molecule has 7 heteroatoms. The molecule has 116 valence electrons. The molecule has 21 heavy (non-hydrogen) atoms. The lowest BCUT2D eigenvalue weighted by Crippen LogP contribution is -2.31. The molecule has 3 N–H and O–H groups in total. The van der Waals surface area contributed by atoms with Crippen molar-refractivity contribution >= 4 is 17.7 Å². The van der Waals surface area contributed by atoms with Crippen molar-refractivity contribution in [2.75, 3.05) is 11.9 Å². The van der Waals surface area contributed by atoms with Crippen LogP contribution in [0.2, 0.25) is 0 Å². The highest BCUT2D eigenvalue weighted by Gasteiger charge is 2.64. The van der Waals surface area contributed by atoms with Gasteiger partial charge in [0.15, 0.2) is 0 Å². The van der Waals surface area contributed by atoms with E-state index in [1.54, 1.807) is 0 Å². The summed E-state index contributed by atoms with van der Waals surface area (Å²) in [6.45, 7) is 9.20. The van der Waals surface area contributed by atoms with Crippen LogP contribution >= 0.6 is 0 Å². The fourth-order valence-corrected chi connectivity index (χ4v) is 2.87. The Morgan fingerprint density at radius 3 is 2.48 bits per heavy atom. The average Bonchev–Trinajstić information content (AvgIpc) is 2.64. The normalized spacial score (nSPS) is 19.0. The van der Waals surface area contributed by atoms with Crippen molar-refractivity contribution in [2.45, 2.75) is 34.2 Å². The standard InChI is InChI=1S/C14H22N4O3/c1-13(2)10(14(13,3)4)6-15-12(21)17-9-5-16-18(7-9)8-11(19)20/h5,7,10H,6,8H2,1-4H3,(H,19,20)(H2,15,17,21). The SMILES string of the molecule is CC1(C)C(CNC(=O)Nc2cnn(CC(=O)O)c2)C1(C)C. The first kappa shape index (κ1) is 15.3. The summed E-state index contributed by atoms with van der Waals surface area (Å²) in [4.78, 5) is 22.4. The molecule has 0 spiro atoms. The minimum Gasteiger partial charge on any atom is -0.480 e. The maximum atomic E-state index is 11.8. The van der Waals surface area contributed by atoms with Gasteiger partial charge in [-0.25, -0.2) is 4.79 Å². The second-order valence-corrected chi connectivity index (χ2v) is 6.65. The number of carbonyl (C=O) groups is 2. The first-order chi connectivity index (χ1) is 9.64. The second-order valence-electron chi connectivity index (χ2n) is 6.65. The monoisotopic (exact) mass is 294 g/mol. The highest BCUT2D eigenvalue weighted by molar-refractivity contribution is 5.88. The molecule has 2 rings (SSSR count). The Hall–Kier alpha value is -2.05. The van der Waals surface area contributed by atoms with Crippen LogP contribution in [0.5, 0.6) is 0 Å². The summed E-state index contributed by atoms with van der Waals surface area (Å²) in [5, 5.41) is 18.0. The molecule has 1 aliphatic rings. The van der Waals surface area contributed by atoms with Gasteiger partial charge in [0.2, 0.25) is 0 Å². The van der Waals surface area contributed by atoms with Gasteiger partial charge in [-0.1, -0.05) is 27.7 Å². The fourth-order valence-electron chi connectivity index (χ4n) is 2.87. The summed E-state index contributed by atoms with van der Waals surface area (Å²) in [5.74, 6) is -0.530. The lowest BCUT2D eigenvalue weighted by atomic mass is 10.0. The number of carbonyl (C=O) groups excluding carboxylic acids is 1. The molecule has 1 aliphatic carbocycles. The number of nitrogens with one attached hydrogen (secondary N) is 2. The smallest absolute Gasteiger partial charge is 0.325 e. The molecular weight excluding hydrogens is 272 g/mol. The van der Waals surface area contributed by atoms with Crippen LogP contribution in [0, 0.1) is 16.7 Å². The van der Waals surface area contributed by atoms with Crippen molar-refractivity contribution in [2.24, 2.45) is 16.7 Å². The van der Waals surface area contributed by atoms with E-state index in [2.05, 4.69) is 43.4 Å². The summed E-state index contributed by atoms with van der Waals surface area (Å²) < 4.78 is 1.26. The lowest BCUT2D eigenvalue weighted by Gasteiger charge is -2.06. The van der Waals surface area contributed by atoms with Gasteiger partial charge < -0.3 is 15.7 Å². The van der Waals surface area contributed by atoms with E-state index in [1.807, 2.05) is 0 Å². The Morgan fingerprint density at radius 1 is 1.33 bits per heavy atom. The van der Waals surface area contributed by atoms with E-state index in [4.69, 9.17) is 5.11 Å². The zero-order chi connectivity index (χ0) is 15.8. The number of nitrogens with zero attached hydrogens (tertiary/aromatic N) is 2. The third-order valence-corrected chi connectivity index (χ3v) is 4.97. The number of rotatable bonds is 5. The average molecular weight is 294 g/mol. The van der Waals surface area contributed by atoms with Crippen molar-refractivity contribution < 1.29 is 14.7 Å². The number of hydrogen-bond donors (Lipinski definition) is 3. The van der Waals surface area contributed by atoms with Crippen LogP contribution in [0.4, 0.5) is 10.5 Å². The largest absolute Gasteiger partial charge is 0.480 e. The predicted octanol–water partition coefficient (Wildman–Crippen LogP) is 1.77. The maximum absolute atomic E-state index is 11.8. The Balaban J connectivity index is 1.80. The molecule has 0 aromatic carbocycles. The number of carboxylic acid groups (broad SMARTS) is 1. The molecule has 0 bridgehead atoms. The topological polar surface area (TPSA) is 96.3 Å². The van der Waals surface area contributed by atoms with Crippen molar-refractivity contribution in [1.29, 1.82) is 0 Å². The third-order valence-electron chi connectivity index (χ3n) is 4.97. The van der Waals surface area contributed by atoms with Gasteiger partial charge in [-0.3, -0.25) is 9.48 Å². The van der Waals surface area contributed by atoms with E-state index in [9.17, 15) is 9.59 Å². The Kier molecular flexibility index (Phi) is 3.69. The zero-order valence-corrected chi connectivity index (χ0v) is 12.8. The summed E-state index contributed by atoms with van der Waals surface area (Å²) in [6, 6.07) is -0.302. The van der Waals surface area contributed by atoms with Crippen molar-refractivity contribution in [3.8, 4) is 0 Å². The summed E-state index contributed by atoms with van der Waals surface area (Å²) in [7, 11) is 0. The quantitative estimate of drug-likeness (QED) is 0.771. The first-order valence-corrected chi connectivity index (χ1v) is 6.93. The number of carboxylic acids is 1. The van der Waals surface area contributed by atoms with E-state index in [0.717, 1.165) is 0 Å². The van der Waals surface area contributed by atoms with Crippen LogP contribution in [-0.2, 0) is 11.3 Å².